The van der Waals surface area contributed by atoms with Crippen LogP contribution in [-0.4, -0.2) is 18.4 Å². The maximum Gasteiger partial charge on any atom is 0.244 e. The number of rotatable bonds is 5. The highest BCUT2D eigenvalue weighted by Gasteiger charge is 2.27. The first-order chi connectivity index (χ1) is 7.52. The highest BCUT2D eigenvalue weighted by molar-refractivity contribution is 5.92. The molecule has 2 amide bonds. The van der Waals surface area contributed by atoms with Gasteiger partial charge in [-0.05, 0) is 31.3 Å². The van der Waals surface area contributed by atoms with Crippen molar-refractivity contribution in [1.29, 1.82) is 0 Å². The summed E-state index contributed by atoms with van der Waals surface area (Å²) < 4.78 is 0. The summed E-state index contributed by atoms with van der Waals surface area (Å²) in [6.07, 6.45) is 4.44. The Bertz CT molecular complexity index is 281. The summed E-state index contributed by atoms with van der Waals surface area (Å²) in [6.45, 7) is 9.59. The largest absolute Gasteiger partial charge is 0.366 e. The highest BCUT2D eigenvalue weighted by Crippen LogP contribution is 2.34. The van der Waals surface area contributed by atoms with E-state index in [4.69, 9.17) is 5.73 Å². The van der Waals surface area contributed by atoms with E-state index in [1.807, 2.05) is 6.92 Å². The average molecular weight is 224 g/mol. The molecule has 1 fully saturated rings. The summed E-state index contributed by atoms with van der Waals surface area (Å²) in [5.41, 5.74) is 5.54. The molecule has 0 aromatic rings. The van der Waals surface area contributed by atoms with E-state index in [-0.39, 0.29) is 11.8 Å². The Morgan fingerprint density at radius 3 is 2.31 bits per heavy atom. The van der Waals surface area contributed by atoms with Crippen molar-refractivity contribution >= 4 is 11.8 Å². The van der Waals surface area contributed by atoms with Crippen LogP contribution >= 0.6 is 0 Å². The first kappa shape index (κ1) is 14.4. The summed E-state index contributed by atoms with van der Waals surface area (Å²) in [6, 6.07) is 0. The van der Waals surface area contributed by atoms with Crippen LogP contribution in [0, 0.1) is 5.92 Å². The zero-order valence-corrected chi connectivity index (χ0v) is 9.79. The standard InChI is InChI=1S/C6H9NO.C6H11NO/c1-4(6(7)8)5-2-3-5;1-3-5-7-6(8)4-2/h5H,1-3H2,(H2,7,8);4H,2-3,5H2,1H3,(H,7,8). The van der Waals surface area contributed by atoms with Gasteiger partial charge >= 0.3 is 0 Å². The molecule has 0 aliphatic heterocycles. The van der Waals surface area contributed by atoms with Crippen molar-refractivity contribution < 1.29 is 9.59 Å². The van der Waals surface area contributed by atoms with Gasteiger partial charge in [0.2, 0.25) is 11.8 Å². The molecule has 1 saturated carbocycles. The van der Waals surface area contributed by atoms with Gasteiger partial charge in [-0.25, -0.2) is 0 Å². The molecular formula is C12H20N2O2. The molecule has 1 aliphatic rings. The maximum atomic E-state index is 10.3. The summed E-state index contributed by atoms with van der Waals surface area (Å²) in [7, 11) is 0. The Balaban J connectivity index is 0.000000281. The first-order valence-corrected chi connectivity index (χ1v) is 5.41. The van der Waals surface area contributed by atoms with Crippen LogP contribution in [-0.2, 0) is 9.59 Å². The molecule has 0 aromatic carbocycles. The maximum absolute atomic E-state index is 10.3. The molecule has 1 rings (SSSR count). The molecule has 0 spiro atoms. The van der Waals surface area contributed by atoms with E-state index in [1.165, 1.54) is 6.08 Å². The molecule has 0 heterocycles. The predicted octanol–water partition coefficient (Wildman–Crippen LogP) is 1.14. The smallest absolute Gasteiger partial charge is 0.244 e. The average Bonchev–Trinajstić information content (AvgIpc) is 3.09. The van der Waals surface area contributed by atoms with Gasteiger partial charge in [-0.2, -0.15) is 0 Å². The van der Waals surface area contributed by atoms with Gasteiger partial charge in [-0.1, -0.05) is 20.1 Å². The van der Waals surface area contributed by atoms with E-state index in [0.29, 0.717) is 11.5 Å². The highest BCUT2D eigenvalue weighted by atomic mass is 16.1. The third-order valence-electron chi connectivity index (χ3n) is 2.12. The van der Waals surface area contributed by atoms with E-state index in [9.17, 15) is 9.59 Å². The molecule has 0 aromatic heterocycles. The van der Waals surface area contributed by atoms with Crippen molar-refractivity contribution in [3.63, 3.8) is 0 Å². The van der Waals surface area contributed by atoms with Crippen LogP contribution in [0.4, 0.5) is 0 Å². The van der Waals surface area contributed by atoms with Crippen molar-refractivity contribution in [1.82, 2.24) is 5.32 Å². The molecule has 0 atom stereocenters. The number of nitrogens with one attached hydrogen (secondary N) is 1. The molecular weight excluding hydrogens is 204 g/mol. The van der Waals surface area contributed by atoms with Crippen molar-refractivity contribution in [3.05, 3.63) is 24.8 Å². The minimum Gasteiger partial charge on any atom is -0.366 e. The number of primary amides is 1. The number of carbonyl (C=O) groups is 2. The fourth-order valence-corrected chi connectivity index (χ4v) is 0.953. The van der Waals surface area contributed by atoms with E-state index in [0.717, 1.165) is 25.8 Å². The molecule has 0 radical (unpaired) electrons. The van der Waals surface area contributed by atoms with Crippen LogP contribution in [0.25, 0.3) is 0 Å². The van der Waals surface area contributed by atoms with Gasteiger partial charge in [0.15, 0.2) is 0 Å². The van der Waals surface area contributed by atoms with E-state index >= 15 is 0 Å². The lowest BCUT2D eigenvalue weighted by atomic mass is 10.2. The normalized spacial score (nSPS) is 13.1. The van der Waals surface area contributed by atoms with Crippen LogP contribution in [0.15, 0.2) is 24.8 Å². The van der Waals surface area contributed by atoms with Crippen molar-refractivity contribution in [2.24, 2.45) is 11.7 Å². The van der Waals surface area contributed by atoms with Crippen molar-refractivity contribution in [3.8, 4) is 0 Å². The Hall–Kier alpha value is -1.58. The number of nitrogens with two attached hydrogens (primary N) is 1. The lowest BCUT2D eigenvalue weighted by Crippen LogP contribution is -2.20. The van der Waals surface area contributed by atoms with Crippen molar-refractivity contribution in [2.75, 3.05) is 6.54 Å². The second-order valence-corrected chi connectivity index (χ2v) is 3.66. The molecule has 16 heavy (non-hydrogen) atoms. The predicted molar refractivity (Wildman–Crippen MR) is 64.6 cm³/mol. The first-order valence-electron chi connectivity index (χ1n) is 5.41. The van der Waals surface area contributed by atoms with E-state index < -0.39 is 0 Å². The summed E-state index contributed by atoms with van der Waals surface area (Å²) >= 11 is 0. The SMILES string of the molecule is C=C(C(N)=O)C1CC1.C=CC(=O)NCCC. The van der Waals surface area contributed by atoms with Gasteiger partial charge in [-0.15, -0.1) is 0 Å². The van der Waals surface area contributed by atoms with Gasteiger partial charge in [0.25, 0.3) is 0 Å². The summed E-state index contributed by atoms with van der Waals surface area (Å²) in [5, 5.41) is 2.62. The van der Waals surface area contributed by atoms with Crippen LogP contribution in [0.2, 0.25) is 0 Å². The number of hydrogen-bond donors (Lipinski definition) is 2. The summed E-state index contributed by atoms with van der Waals surface area (Å²) in [4.78, 5) is 20.6. The molecule has 1 aliphatic carbocycles. The monoisotopic (exact) mass is 224 g/mol. The molecule has 4 nitrogen and oxygen atoms in total. The minimum atomic E-state index is -0.340. The van der Waals surface area contributed by atoms with Gasteiger partial charge < -0.3 is 11.1 Å². The van der Waals surface area contributed by atoms with Gasteiger partial charge in [0.05, 0.1) is 0 Å². The van der Waals surface area contributed by atoms with Gasteiger partial charge in [0.1, 0.15) is 0 Å². The lowest BCUT2D eigenvalue weighted by Gasteiger charge is -1.94. The third kappa shape index (κ3) is 6.81. The summed E-state index contributed by atoms with van der Waals surface area (Å²) in [5.74, 6) is -0.00755. The minimum absolute atomic E-state index is 0.0909. The van der Waals surface area contributed by atoms with Crippen LogP contribution < -0.4 is 11.1 Å². The molecule has 90 valence electrons. The molecule has 0 saturated heterocycles. The lowest BCUT2D eigenvalue weighted by molar-refractivity contribution is -0.116. The Kier molecular flexibility index (Phi) is 6.92. The number of hydrogen-bond acceptors (Lipinski definition) is 2. The molecule has 0 bridgehead atoms. The Morgan fingerprint density at radius 1 is 1.50 bits per heavy atom. The van der Waals surface area contributed by atoms with E-state index in [2.05, 4.69) is 18.5 Å². The number of amides is 2. The van der Waals surface area contributed by atoms with Crippen LogP contribution in [0.1, 0.15) is 26.2 Å². The fourth-order valence-electron chi connectivity index (χ4n) is 0.953. The molecule has 3 N–H and O–H groups in total. The zero-order chi connectivity index (χ0) is 12.6. The molecule has 4 heteroatoms. The molecule has 0 unspecified atom stereocenters. The fraction of sp³-hybridized carbons (Fsp3) is 0.500. The second kappa shape index (κ2) is 7.68. The van der Waals surface area contributed by atoms with Gasteiger partial charge in [-0.3, -0.25) is 9.59 Å². The van der Waals surface area contributed by atoms with Crippen molar-refractivity contribution in [2.45, 2.75) is 26.2 Å². The van der Waals surface area contributed by atoms with Crippen LogP contribution in [0.3, 0.4) is 0 Å². The van der Waals surface area contributed by atoms with E-state index in [1.54, 1.807) is 0 Å². The number of carbonyl (C=O) groups excluding carboxylic acids is 2. The quantitative estimate of drug-likeness (QED) is 0.687. The second-order valence-electron chi connectivity index (χ2n) is 3.66. The van der Waals surface area contributed by atoms with Gasteiger partial charge in [0, 0.05) is 12.1 Å². The topological polar surface area (TPSA) is 72.2 Å². The zero-order valence-electron chi connectivity index (χ0n) is 9.79. The Labute approximate surface area is 96.6 Å². The Morgan fingerprint density at radius 2 is 2.06 bits per heavy atom. The third-order valence-corrected chi connectivity index (χ3v) is 2.12. The van der Waals surface area contributed by atoms with Crippen LogP contribution in [0.5, 0.6) is 0 Å².